The number of aromatic nitrogens is 2. The summed E-state index contributed by atoms with van der Waals surface area (Å²) in [5.41, 5.74) is 5.69. The molecule has 228 valence electrons. The molecular weight excluding hydrogens is 575 g/mol. The van der Waals surface area contributed by atoms with Crippen molar-refractivity contribution in [3.05, 3.63) is 69.3 Å². The van der Waals surface area contributed by atoms with Crippen molar-refractivity contribution in [3.8, 4) is 16.9 Å². The van der Waals surface area contributed by atoms with Crippen LogP contribution in [0.1, 0.15) is 79.4 Å². The number of rotatable bonds is 8. The molecule has 5 aliphatic rings. The molecule has 1 aliphatic heterocycles. The van der Waals surface area contributed by atoms with Gasteiger partial charge in [0.1, 0.15) is 0 Å². The summed E-state index contributed by atoms with van der Waals surface area (Å²) < 4.78 is 1.83. The van der Waals surface area contributed by atoms with Gasteiger partial charge in [0, 0.05) is 42.3 Å². The third-order valence-corrected chi connectivity index (χ3v) is 11.6. The fourth-order valence-corrected chi connectivity index (χ4v) is 9.80. The van der Waals surface area contributed by atoms with E-state index in [4.69, 9.17) is 28.3 Å². The van der Waals surface area contributed by atoms with Crippen molar-refractivity contribution in [2.75, 3.05) is 32.7 Å². The van der Waals surface area contributed by atoms with E-state index in [2.05, 4.69) is 4.90 Å². The molecule has 5 nitrogen and oxygen atoms in total. The van der Waals surface area contributed by atoms with Crippen LogP contribution in [0.15, 0.2) is 42.5 Å². The van der Waals surface area contributed by atoms with E-state index in [-0.39, 0.29) is 5.91 Å². The molecule has 43 heavy (non-hydrogen) atoms. The highest BCUT2D eigenvalue weighted by Gasteiger charge is 2.50. The summed E-state index contributed by atoms with van der Waals surface area (Å²) in [6.45, 7) is 8.48. The van der Waals surface area contributed by atoms with E-state index < -0.39 is 0 Å². The highest BCUT2D eigenvalue weighted by atomic mass is 35.5. The molecule has 0 radical (unpaired) electrons. The van der Waals surface area contributed by atoms with Gasteiger partial charge >= 0.3 is 0 Å². The van der Waals surface area contributed by atoms with Crippen molar-refractivity contribution in [1.82, 2.24) is 19.6 Å². The first kappa shape index (κ1) is 29.4. The molecule has 0 spiro atoms. The maximum absolute atomic E-state index is 13.9. The lowest BCUT2D eigenvalue weighted by Gasteiger charge is -2.57. The number of hydrogen-bond acceptors (Lipinski definition) is 3. The van der Waals surface area contributed by atoms with Crippen molar-refractivity contribution in [2.24, 2.45) is 23.2 Å². The first-order valence-corrected chi connectivity index (χ1v) is 17.2. The second kappa shape index (κ2) is 11.9. The predicted octanol–water partition coefficient (Wildman–Crippen LogP) is 8.61. The number of piperazine rings is 1. The molecule has 2 heterocycles. The first-order chi connectivity index (χ1) is 20.8. The van der Waals surface area contributed by atoms with Gasteiger partial charge in [-0.2, -0.15) is 5.10 Å². The van der Waals surface area contributed by atoms with Crippen LogP contribution in [0.4, 0.5) is 0 Å². The van der Waals surface area contributed by atoms with Gasteiger partial charge < -0.3 is 4.90 Å². The lowest BCUT2D eigenvalue weighted by molar-refractivity contribution is -0.0585. The van der Waals surface area contributed by atoms with Crippen LogP contribution < -0.4 is 0 Å². The van der Waals surface area contributed by atoms with Crippen LogP contribution >= 0.6 is 23.2 Å². The Kier molecular flexibility index (Phi) is 8.11. The van der Waals surface area contributed by atoms with Gasteiger partial charge in [-0.1, -0.05) is 47.8 Å². The zero-order chi connectivity index (χ0) is 29.7. The zero-order valence-corrected chi connectivity index (χ0v) is 27.1. The number of halogens is 2. The second-order valence-electron chi connectivity index (χ2n) is 14.2. The smallest absolute Gasteiger partial charge is 0.274 e. The minimum absolute atomic E-state index is 0.00355. The van der Waals surface area contributed by atoms with Crippen LogP contribution in [-0.2, 0) is 0 Å². The Balaban J connectivity index is 0.996. The third kappa shape index (κ3) is 5.90. The summed E-state index contributed by atoms with van der Waals surface area (Å²) in [7, 11) is 0. The van der Waals surface area contributed by atoms with Gasteiger partial charge in [-0.3, -0.25) is 9.69 Å². The van der Waals surface area contributed by atoms with Crippen LogP contribution in [0.3, 0.4) is 0 Å². The number of carbonyl (C=O) groups is 1. The standard InChI is InChI=1S/C36H44Cl2N4O/c1-24-5-10-32(31(38)17-24)42-34(29-6-8-30(37)9-7-29)25(2)33(39-42)35(43)41-15-13-40(14-16-41)12-4-3-11-36-21-26-18-27(22-36)20-28(19-26)23-36/h5-10,17,26-28H,3-4,11-16,18-23H2,1-2H3. The van der Waals surface area contributed by atoms with Crippen molar-refractivity contribution >= 4 is 29.1 Å². The van der Waals surface area contributed by atoms with Gasteiger partial charge in [0.15, 0.2) is 5.69 Å². The Morgan fingerprint density at radius 1 is 0.884 bits per heavy atom. The fraction of sp³-hybridized carbons (Fsp3) is 0.556. The van der Waals surface area contributed by atoms with Crippen molar-refractivity contribution in [2.45, 2.75) is 71.6 Å². The molecule has 0 atom stereocenters. The monoisotopic (exact) mass is 618 g/mol. The number of hydrogen-bond donors (Lipinski definition) is 0. The molecular formula is C36H44Cl2N4O. The Morgan fingerprint density at radius 2 is 1.53 bits per heavy atom. The lowest BCUT2D eigenvalue weighted by Crippen LogP contribution is -2.49. The lowest BCUT2D eigenvalue weighted by atomic mass is 9.48. The summed E-state index contributed by atoms with van der Waals surface area (Å²) in [4.78, 5) is 18.4. The molecule has 4 saturated carbocycles. The molecule has 3 aromatic rings. The third-order valence-electron chi connectivity index (χ3n) is 11.0. The summed E-state index contributed by atoms with van der Waals surface area (Å²) in [5.74, 6) is 3.13. The average molecular weight is 620 g/mol. The normalized spacial score (nSPS) is 26.8. The summed E-state index contributed by atoms with van der Waals surface area (Å²) >= 11 is 12.9. The highest BCUT2D eigenvalue weighted by Crippen LogP contribution is 2.61. The molecule has 2 aromatic carbocycles. The topological polar surface area (TPSA) is 41.4 Å². The maximum Gasteiger partial charge on any atom is 0.274 e. The number of nitrogens with zero attached hydrogens (tertiary/aromatic N) is 4. The van der Waals surface area contributed by atoms with E-state index in [0.29, 0.717) is 21.2 Å². The predicted molar refractivity (Wildman–Crippen MR) is 175 cm³/mol. The quantitative estimate of drug-likeness (QED) is 0.237. The molecule has 4 aliphatic carbocycles. The van der Waals surface area contributed by atoms with E-state index in [1.54, 1.807) is 0 Å². The first-order valence-electron chi connectivity index (χ1n) is 16.4. The molecule has 8 rings (SSSR count). The second-order valence-corrected chi connectivity index (χ2v) is 15.0. The molecule has 7 heteroatoms. The van der Waals surface area contributed by atoms with Crippen LogP contribution in [0.5, 0.6) is 0 Å². The molecule has 5 fully saturated rings. The van der Waals surface area contributed by atoms with Crippen LogP contribution in [-0.4, -0.2) is 58.2 Å². The number of benzene rings is 2. The molecule has 4 bridgehead atoms. The van der Waals surface area contributed by atoms with Gasteiger partial charge in [0.25, 0.3) is 5.91 Å². The van der Waals surface area contributed by atoms with Crippen molar-refractivity contribution < 1.29 is 4.79 Å². The number of carbonyl (C=O) groups excluding carboxylic acids is 1. The van der Waals surface area contributed by atoms with Crippen molar-refractivity contribution in [3.63, 3.8) is 0 Å². The molecule has 1 amide bonds. The van der Waals surface area contributed by atoms with Crippen LogP contribution in [0.25, 0.3) is 16.9 Å². The Hall–Kier alpha value is -2.34. The Bertz CT molecular complexity index is 1450. The molecule has 1 saturated heterocycles. The van der Waals surface area contributed by atoms with Crippen molar-refractivity contribution in [1.29, 1.82) is 0 Å². The average Bonchev–Trinajstić information content (AvgIpc) is 3.31. The van der Waals surface area contributed by atoms with E-state index in [0.717, 1.165) is 78.5 Å². The summed E-state index contributed by atoms with van der Waals surface area (Å²) in [5, 5.41) is 6.17. The molecule has 0 unspecified atom stereocenters. The number of aryl methyl sites for hydroxylation is 1. The fourth-order valence-electron chi connectivity index (χ4n) is 9.36. The van der Waals surface area contributed by atoms with E-state index in [1.807, 2.05) is 65.9 Å². The van der Waals surface area contributed by atoms with Crippen LogP contribution in [0, 0.1) is 37.0 Å². The summed E-state index contributed by atoms with van der Waals surface area (Å²) in [6, 6.07) is 13.6. The Labute approximate surface area is 266 Å². The minimum atomic E-state index is -0.00355. The van der Waals surface area contributed by atoms with Gasteiger partial charge in [-0.15, -0.1) is 0 Å². The number of amides is 1. The van der Waals surface area contributed by atoms with E-state index in [9.17, 15) is 4.79 Å². The van der Waals surface area contributed by atoms with Crippen LogP contribution in [0.2, 0.25) is 10.0 Å². The molecule has 0 N–H and O–H groups in total. The van der Waals surface area contributed by atoms with Gasteiger partial charge in [0.05, 0.1) is 16.4 Å². The summed E-state index contributed by atoms with van der Waals surface area (Å²) in [6.07, 6.45) is 13.2. The van der Waals surface area contributed by atoms with Gasteiger partial charge in [-0.25, -0.2) is 4.68 Å². The highest BCUT2D eigenvalue weighted by molar-refractivity contribution is 6.32. The van der Waals surface area contributed by atoms with E-state index in [1.165, 1.54) is 57.8 Å². The largest absolute Gasteiger partial charge is 0.335 e. The minimum Gasteiger partial charge on any atom is -0.335 e. The van der Waals surface area contributed by atoms with Gasteiger partial charge in [-0.05, 0) is 125 Å². The Morgan fingerprint density at radius 3 is 2.16 bits per heavy atom. The zero-order valence-electron chi connectivity index (χ0n) is 25.6. The maximum atomic E-state index is 13.9. The molecule has 1 aromatic heterocycles. The number of unbranched alkanes of at least 4 members (excludes halogenated alkanes) is 1. The SMILES string of the molecule is Cc1ccc(-n2nc(C(=O)N3CCN(CCCCC45CC6CC(CC(C6)C4)C5)CC3)c(C)c2-c2ccc(Cl)cc2)c(Cl)c1. The van der Waals surface area contributed by atoms with E-state index >= 15 is 0 Å². The van der Waals surface area contributed by atoms with Gasteiger partial charge in [0.2, 0.25) is 0 Å².